The van der Waals surface area contributed by atoms with Crippen LogP contribution in [0.15, 0.2) is 54.7 Å². The quantitative estimate of drug-likeness (QED) is 0.781. The van der Waals surface area contributed by atoms with E-state index in [1.807, 2.05) is 30.5 Å². The second-order valence-electron chi connectivity index (χ2n) is 6.08. The number of carbonyl (C=O) groups is 1. The SMILES string of the molecule is NC(=O)C1c2ccccc2CCN1Cc1cccc2[nH]ccc12. The summed E-state index contributed by atoms with van der Waals surface area (Å²) >= 11 is 0. The van der Waals surface area contributed by atoms with Crippen LogP contribution in [-0.4, -0.2) is 22.3 Å². The van der Waals surface area contributed by atoms with Crippen LogP contribution >= 0.6 is 0 Å². The van der Waals surface area contributed by atoms with Crippen LogP contribution in [0.4, 0.5) is 0 Å². The Morgan fingerprint density at radius 1 is 1.17 bits per heavy atom. The summed E-state index contributed by atoms with van der Waals surface area (Å²) in [6.07, 6.45) is 2.90. The maximum atomic E-state index is 12.1. The van der Waals surface area contributed by atoms with Gasteiger partial charge in [-0.15, -0.1) is 0 Å². The average Bonchev–Trinajstić information content (AvgIpc) is 3.04. The monoisotopic (exact) mass is 305 g/mol. The van der Waals surface area contributed by atoms with Crippen molar-refractivity contribution in [1.29, 1.82) is 0 Å². The summed E-state index contributed by atoms with van der Waals surface area (Å²) in [6.45, 7) is 1.56. The maximum absolute atomic E-state index is 12.1. The van der Waals surface area contributed by atoms with Crippen molar-refractivity contribution >= 4 is 16.8 Å². The Labute approximate surface area is 134 Å². The summed E-state index contributed by atoms with van der Waals surface area (Å²) in [7, 11) is 0. The van der Waals surface area contributed by atoms with Gasteiger partial charge in [0.2, 0.25) is 5.91 Å². The fourth-order valence-electron chi connectivity index (χ4n) is 3.63. The van der Waals surface area contributed by atoms with E-state index in [0.29, 0.717) is 0 Å². The number of hydrogen-bond donors (Lipinski definition) is 2. The van der Waals surface area contributed by atoms with E-state index in [4.69, 9.17) is 5.73 Å². The molecule has 0 spiro atoms. The topological polar surface area (TPSA) is 62.1 Å². The zero-order valence-electron chi connectivity index (χ0n) is 12.8. The first-order valence-electron chi connectivity index (χ1n) is 7.90. The Balaban J connectivity index is 1.71. The molecule has 0 radical (unpaired) electrons. The highest BCUT2D eigenvalue weighted by molar-refractivity contribution is 5.84. The van der Waals surface area contributed by atoms with Gasteiger partial charge in [-0.25, -0.2) is 0 Å². The Hall–Kier alpha value is -2.59. The van der Waals surface area contributed by atoms with Gasteiger partial charge in [-0.05, 0) is 35.2 Å². The van der Waals surface area contributed by atoms with Gasteiger partial charge in [-0.3, -0.25) is 9.69 Å². The number of nitrogens with zero attached hydrogens (tertiary/aromatic N) is 1. The maximum Gasteiger partial charge on any atom is 0.239 e. The van der Waals surface area contributed by atoms with Crippen molar-refractivity contribution in [3.8, 4) is 0 Å². The van der Waals surface area contributed by atoms with Crippen molar-refractivity contribution in [2.75, 3.05) is 6.54 Å². The van der Waals surface area contributed by atoms with E-state index >= 15 is 0 Å². The Morgan fingerprint density at radius 2 is 2.04 bits per heavy atom. The first-order chi connectivity index (χ1) is 11.2. The number of benzene rings is 2. The standard InChI is InChI=1S/C19H19N3O/c20-19(23)18-16-6-2-1-4-13(16)9-11-22(18)12-14-5-3-7-17-15(14)8-10-21-17/h1-8,10,18,21H,9,11-12H2,(H2,20,23). The molecule has 1 amide bonds. The molecule has 116 valence electrons. The van der Waals surface area contributed by atoms with Crippen LogP contribution in [0.25, 0.3) is 10.9 Å². The van der Waals surface area contributed by atoms with Crippen molar-refractivity contribution in [3.63, 3.8) is 0 Å². The van der Waals surface area contributed by atoms with Crippen molar-refractivity contribution < 1.29 is 4.79 Å². The van der Waals surface area contributed by atoms with Gasteiger partial charge in [-0.1, -0.05) is 36.4 Å². The number of primary amides is 1. The number of nitrogens with two attached hydrogens (primary N) is 1. The minimum atomic E-state index is -0.353. The minimum Gasteiger partial charge on any atom is -0.368 e. The number of aromatic amines is 1. The summed E-state index contributed by atoms with van der Waals surface area (Å²) in [5.74, 6) is -0.279. The molecule has 1 unspecified atom stereocenters. The summed E-state index contributed by atoms with van der Waals surface area (Å²) in [5, 5.41) is 1.20. The van der Waals surface area contributed by atoms with Gasteiger partial charge in [0.25, 0.3) is 0 Å². The van der Waals surface area contributed by atoms with Crippen LogP contribution in [0.5, 0.6) is 0 Å². The van der Waals surface area contributed by atoms with Crippen LogP contribution in [0.3, 0.4) is 0 Å². The molecule has 1 aliphatic rings. The highest BCUT2D eigenvalue weighted by Gasteiger charge is 2.31. The fourth-order valence-corrected chi connectivity index (χ4v) is 3.63. The minimum absolute atomic E-state index is 0.279. The summed E-state index contributed by atoms with van der Waals surface area (Å²) < 4.78 is 0. The molecule has 0 aliphatic carbocycles. The molecule has 1 aromatic heterocycles. The molecule has 0 saturated carbocycles. The first-order valence-corrected chi connectivity index (χ1v) is 7.90. The number of rotatable bonds is 3. The zero-order valence-corrected chi connectivity index (χ0v) is 12.8. The Bertz CT molecular complexity index is 868. The first kappa shape index (κ1) is 14.0. The van der Waals surface area contributed by atoms with Crippen LogP contribution in [0.1, 0.15) is 22.7 Å². The fraction of sp³-hybridized carbons (Fsp3) is 0.211. The van der Waals surface area contributed by atoms with Gasteiger partial charge < -0.3 is 10.7 Å². The van der Waals surface area contributed by atoms with E-state index in [-0.39, 0.29) is 11.9 Å². The average molecular weight is 305 g/mol. The summed E-state index contributed by atoms with van der Waals surface area (Å²) in [6, 6.07) is 16.1. The molecule has 4 heteroatoms. The number of H-pyrrole nitrogens is 1. The lowest BCUT2D eigenvalue weighted by Gasteiger charge is -2.35. The normalized spacial score (nSPS) is 18.0. The Morgan fingerprint density at radius 3 is 2.91 bits per heavy atom. The van der Waals surface area contributed by atoms with Gasteiger partial charge in [0.1, 0.15) is 6.04 Å². The van der Waals surface area contributed by atoms with Gasteiger partial charge >= 0.3 is 0 Å². The lowest BCUT2D eigenvalue weighted by Crippen LogP contribution is -2.42. The molecule has 3 aromatic rings. The molecule has 3 N–H and O–H groups in total. The molecule has 1 aliphatic heterocycles. The van der Waals surface area contributed by atoms with Gasteiger partial charge in [0.15, 0.2) is 0 Å². The molecule has 0 saturated heterocycles. The third-order valence-corrected chi connectivity index (χ3v) is 4.71. The highest BCUT2D eigenvalue weighted by Crippen LogP contribution is 2.31. The van der Waals surface area contributed by atoms with E-state index in [9.17, 15) is 4.79 Å². The molecule has 1 atom stereocenters. The van der Waals surface area contributed by atoms with Crippen LogP contribution in [0, 0.1) is 0 Å². The molecule has 23 heavy (non-hydrogen) atoms. The van der Waals surface area contributed by atoms with Crippen LogP contribution < -0.4 is 5.73 Å². The van der Waals surface area contributed by atoms with Crippen molar-refractivity contribution in [3.05, 3.63) is 71.4 Å². The summed E-state index contributed by atoms with van der Waals surface area (Å²) in [4.78, 5) is 17.5. The molecular weight excluding hydrogens is 286 g/mol. The molecule has 0 bridgehead atoms. The van der Waals surface area contributed by atoms with E-state index in [2.05, 4.69) is 34.1 Å². The zero-order chi connectivity index (χ0) is 15.8. The number of carbonyl (C=O) groups excluding carboxylic acids is 1. The number of aromatic nitrogens is 1. The third-order valence-electron chi connectivity index (χ3n) is 4.71. The van der Waals surface area contributed by atoms with E-state index in [1.54, 1.807) is 0 Å². The molecule has 4 nitrogen and oxygen atoms in total. The third kappa shape index (κ3) is 2.41. The molecule has 0 fully saturated rings. The lowest BCUT2D eigenvalue weighted by atomic mass is 9.91. The molecule has 4 rings (SSSR count). The van der Waals surface area contributed by atoms with E-state index < -0.39 is 0 Å². The van der Waals surface area contributed by atoms with E-state index in [0.717, 1.165) is 30.6 Å². The van der Waals surface area contributed by atoms with E-state index in [1.165, 1.54) is 16.5 Å². The smallest absolute Gasteiger partial charge is 0.239 e. The predicted molar refractivity (Wildman–Crippen MR) is 90.8 cm³/mol. The largest absolute Gasteiger partial charge is 0.368 e. The molecular formula is C19H19N3O. The predicted octanol–water partition coefficient (Wildman–Crippen LogP) is 2.75. The van der Waals surface area contributed by atoms with Gasteiger partial charge in [-0.2, -0.15) is 0 Å². The number of fused-ring (bicyclic) bond motifs is 2. The number of amides is 1. The van der Waals surface area contributed by atoms with Crippen molar-refractivity contribution in [2.45, 2.75) is 19.0 Å². The van der Waals surface area contributed by atoms with Crippen LogP contribution in [-0.2, 0) is 17.8 Å². The molecule has 2 aromatic carbocycles. The van der Waals surface area contributed by atoms with Crippen molar-refractivity contribution in [2.24, 2.45) is 5.73 Å². The highest BCUT2D eigenvalue weighted by atomic mass is 16.1. The van der Waals surface area contributed by atoms with Gasteiger partial charge in [0, 0.05) is 30.2 Å². The van der Waals surface area contributed by atoms with Gasteiger partial charge in [0.05, 0.1) is 0 Å². The molecule has 2 heterocycles. The number of nitrogens with one attached hydrogen (secondary N) is 1. The summed E-state index contributed by atoms with van der Waals surface area (Å²) in [5.41, 5.74) is 10.3. The second-order valence-corrected chi connectivity index (χ2v) is 6.08. The Kier molecular flexibility index (Phi) is 3.39. The van der Waals surface area contributed by atoms with Crippen molar-refractivity contribution in [1.82, 2.24) is 9.88 Å². The van der Waals surface area contributed by atoms with Crippen LogP contribution in [0.2, 0.25) is 0 Å². The lowest BCUT2D eigenvalue weighted by molar-refractivity contribution is -0.124. The number of hydrogen-bond acceptors (Lipinski definition) is 2. The second kappa shape index (κ2) is 5.56.